The van der Waals surface area contributed by atoms with Crippen LogP contribution in [0.2, 0.25) is 0 Å². The molecule has 5 nitrogen and oxygen atoms in total. The molecule has 0 atom stereocenters. The van der Waals surface area contributed by atoms with Gasteiger partial charge in [0.1, 0.15) is 16.8 Å². The molecule has 0 N–H and O–H groups in total. The third kappa shape index (κ3) is 1.71. The number of ether oxygens (including phenoxy) is 1. The number of fused-ring (bicyclic) bond motifs is 1. The molecule has 0 aromatic carbocycles. The molecule has 3 rings (SSSR count). The van der Waals surface area contributed by atoms with Gasteiger partial charge in [-0.15, -0.1) is 11.3 Å². The van der Waals surface area contributed by atoms with Gasteiger partial charge in [-0.05, 0) is 11.4 Å². The molecule has 3 aromatic heterocycles. The summed E-state index contributed by atoms with van der Waals surface area (Å²) in [5, 5.41) is 16.4. The van der Waals surface area contributed by atoms with Gasteiger partial charge in [0.2, 0.25) is 4.96 Å². The first-order valence-corrected chi connectivity index (χ1v) is 6.84. The zero-order valence-electron chi connectivity index (χ0n) is 9.45. The molecule has 0 spiro atoms. The Hall–Kier alpha value is -1.75. The van der Waals surface area contributed by atoms with E-state index in [0.717, 1.165) is 14.8 Å². The molecule has 0 aliphatic rings. The van der Waals surface area contributed by atoms with Crippen molar-refractivity contribution >= 4 is 27.6 Å². The average Bonchev–Trinajstić information content (AvgIpc) is 3.02. The minimum atomic E-state index is 0.438. The number of thiophene rings is 1. The Bertz CT molecular complexity index is 720. The highest BCUT2D eigenvalue weighted by Crippen LogP contribution is 2.29. The Kier molecular flexibility index (Phi) is 2.83. The van der Waals surface area contributed by atoms with E-state index in [1.54, 1.807) is 23.0 Å². The molecule has 0 radical (unpaired) electrons. The highest BCUT2D eigenvalue weighted by Gasteiger charge is 2.18. The number of hydrogen-bond donors (Lipinski definition) is 0. The van der Waals surface area contributed by atoms with Gasteiger partial charge in [0.05, 0.1) is 11.5 Å². The van der Waals surface area contributed by atoms with E-state index >= 15 is 0 Å². The highest BCUT2D eigenvalue weighted by atomic mass is 32.1. The predicted molar refractivity (Wildman–Crippen MR) is 69.6 cm³/mol. The summed E-state index contributed by atoms with van der Waals surface area (Å²) in [5.41, 5.74) is 1.18. The maximum atomic E-state index is 9.27. The summed E-state index contributed by atoms with van der Waals surface area (Å²) in [6, 6.07) is 6.07. The van der Waals surface area contributed by atoms with E-state index in [4.69, 9.17) is 4.74 Å². The summed E-state index contributed by atoms with van der Waals surface area (Å²) in [7, 11) is 1.62. The quantitative estimate of drug-likeness (QED) is 0.737. The number of aromatic nitrogens is 3. The van der Waals surface area contributed by atoms with Crippen LogP contribution in [-0.2, 0) is 11.3 Å². The molecule has 0 fully saturated rings. The Morgan fingerprint density at radius 2 is 2.44 bits per heavy atom. The van der Waals surface area contributed by atoms with E-state index in [1.165, 1.54) is 11.3 Å². The fourth-order valence-corrected chi connectivity index (χ4v) is 3.24. The second kappa shape index (κ2) is 4.49. The first-order valence-electron chi connectivity index (χ1n) is 5.15. The summed E-state index contributed by atoms with van der Waals surface area (Å²) >= 11 is 3.00. The van der Waals surface area contributed by atoms with Crippen LogP contribution in [0.3, 0.4) is 0 Å². The van der Waals surface area contributed by atoms with Crippen molar-refractivity contribution in [2.75, 3.05) is 7.11 Å². The topological polar surface area (TPSA) is 63.2 Å². The first kappa shape index (κ1) is 11.3. The molecule has 0 bridgehead atoms. The lowest BCUT2D eigenvalue weighted by Gasteiger charge is -1.92. The molecule has 0 aliphatic carbocycles. The summed E-state index contributed by atoms with van der Waals surface area (Å²) in [6.45, 7) is 0.438. The van der Waals surface area contributed by atoms with Gasteiger partial charge in [0.25, 0.3) is 0 Å². The van der Waals surface area contributed by atoms with Crippen molar-refractivity contribution in [2.45, 2.75) is 6.61 Å². The number of methoxy groups -OCH3 is 1. The SMILES string of the molecule is COCc1nn2c(C#N)c(-c3cccs3)nc2s1. The zero-order chi connectivity index (χ0) is 12.5. The van der Waals surface area contributed by atoms with Crippen LogP contribution in [-0.4, -0.2) is 21.7 Å². The van der Waals surface area contributed by atoms with E-state index in [9.17, 15) is 5.26 Å². The largest absolute Gasteiger partial charge is 0.377 e. The monoisotopic (exact) mass is 276 g/mol. The highest BCUT2D eigenvalue weighted by molar-refractivity contribution is 7.16. The van der Waals surface area contributed by atoms with E-state index in [2.05, 4.69) is 16.2 Å². The van der Waals surface area contributed by atoms with Crippen LogP contribution in [0.4, 0.5) is 0 Å². The molecule has 0 saturated heterocycles. The fourth-order valence-electron chi connectivity index (χ4n) is 1.66. The van der Waals surface area contributed by atoms with Crippen molar-refractivity contribution in [1.82, 2.24) is 14.6 Å². The summed E-state index contributed by atoms with van der Waals surface area (Å²) in [4.78, 5) is 6.19. The predicted octanol–water partition coefficient (Wildman–Crippen LogP) is 2.54. The van der Waals surface area contributed by atoms with Crippen molar-refractivity contribution in [3.05, 3.63) is 28.2 Å². The molecular formula is C11H8N4OS2. The minimum Gasteiger partial charge on any atom is -0.377 e. The molecule has 0 aliphatic heterocycles. The third-order valence-electron chi connectivity index (χ3n) is 2.37. The Labute approximate surface area is 111 Å². The lowest BCUT2D eigenvalue weighted by molar-refractivity contribution is 0.183. The third-order valence-corrected chi connectivity index (χ3v) is 4.13. The van der Waals surface area contributed by atoms with Crippen LogP contribution in [0.5, 0.6) is 0 Å². The Morgan fingerprint density at radius 1 is 1.56 bits per heavy atom. The number of rotatable bonds is 3. The van der Waals surface area contributed by atoms with E-state index < -0.39 is 0 Å². The van der Waals surface area contributed by atoms with E-state index in [1.807, 2.05) is 17.5 Å². The number of nitrogens with zero attached hydrogens (tertiary/aromatic N) is 4. The van der Waals surface area contributed by atoms with Gasteiger partial charge in [-0.3, -0.25) is 0 Å². The van der Waals surface area contributed by atoms with Gasteiger partial charge in [-0.1, -0.05) is 17.4 Å². The summed E-state index contributed by atoms with van der Waals surface area (Å²) in [5.74, 6) is 0. The van der Waals surface area contributed by atoms with Crippen LogP contribution in [0.1, 0.15) is 10.7 Å². The van der Waals surface area contributed by atoms with Crippen LogP contribution in [0.25, 0.3) is 15.5 Å². The molecule has 90 valence electrons. The van der Waals surface area contributed by atoms with Crippen LogP contribution in [0, 0.1) is 11.3 Å². The van der Waals surface area contributed by atoms with Crippen molar-refractivity contribution < 1.29 is 4.74 Å². The standard InChI is InChI=1S/C11H8N4OS2/c1-16-6-9-14-15-7(5-12)10(13-11(15)18-9)8-3-2-4-17-8/h2-4H,6H2,1H3. The molecule has 0 saturated carbocycles. The zero-order valence-corrected chi connectivity index (χ0v) is 11.1. The van der Waals surface area contributed by atoms with Crippen molar-refractivity contribution in [3.8, 4) is 16.6 Å². The molecule has 18 heavy (non-hydrogen) atoms. The summed E-state index contributed by atoms with van der Waals surface area (Å²) in [6.07, 6.45) is 0. The molecule has 3 heterocycles. The van der Waals surface area contributed by atoms with Crippen LogP contribution >= 0.6 is 22.7 Å². The molecule has 0 unspecified atom stereocenters. The normalized spacial score (nSPS) is 10.9. The molecule has 3 aromatic rings. The van der Waals surface area contributed by atoms with Crippen molar-refractivity contribution in [1.29, 1.82) is 5.26 Å². The maximum Gasteiger partial charge on any atom is 0.214 e. The van der Waals surface area contributed by atoms with Gasteiger partial charge in [0, 0.05) is 7.11 Å². The van der Waals surface area contributed by atoms with Crippen molar-refractivity contribution in [2.24, 2.45) is 0 Å². The average molecular weight is 276 g/mol. The smallest absolute Gasteiger partial charge is 0.214 e. The molecular weight excluding hydrogens is 268 g/mol. The van der Waals surface area contributed by atoms with Crippen LogP contribution < -0.4 is 0 Å². The van der Waals surface area contributed by atoms with Gasteiger partial charge in [0.15, 0.2) is 5.69 Å². The van der Waals surface area contributed by atoms with Gasteiger partial charge >= 0.3 is 0 Å². The number of hydrogen-bond acceptors (Lipinski definition) is 6. The van der Waals surface area contributed by atoms with Gasteiger partial charge < -0.3 is 4.74 Å². The second-order valence-corrected chi connectivity index (χ2v) is 5.51. The Morgan fingerprint density at radius 3 is 3.11 bits per heavy atom. The van der Waals surface area contributed by atoms with Gasteiger partial charge in [-0.2, -0.15) is 14.9 Å². The minimum absolute atomic E-state index is 0.438. The fraction of sp³-hybridized carbons (Fsp3) is 0.182. The van der Waals surface area contributed by atoms with E-state index in [0.29, 0.717) is 18.0 Å². The number of nitriles is 1. The van der Waals surface area contributed by atoms with Crippen LogP contribution in [0.15, 0.2) is 17.5 Å². The first-order chi connectivity index (χ1) is 8.83. The Balaban J connectivity index is 2.18. The molecule has 0 amide bonds. The summed E-state index contributed by atoms with van der Waals surface area (Å²) < 4.78 is 6.62. The van der Waals surface area contributed by atoms with Gasteiger partial charge in [-0.25, -0.2) is 4.98 Å². The van der Waals surface area contributed by atoms with Crippen molar-refractivity contribution in [3.63, 3.8) is 0 Å². The number of imidazole rings is 1. The lowest BCUT2D eigenvalue weighted by atomic mass is 10.3. The maximum absolute atomic E-state index is 9.27. The lowest BCUT2D eigenvalue weighted by Crippen LogP contribution is -1.93. The van der Waals surface area contributed by atoms with E-state index in [-0.39, 0.29) is 0 Å². The molecule has 7 heteroatoms. The second-order valence-electron chi connectivity index (χ2n) is 3.52.